The van der Waals surface area contributed by atoms with E-state index in [2.05, 4.69) is 30.6 Å². The molecule has 3 aromatic rings. The Morgan fingerprint density at radius 3 is 2.69 bits per heavy atom. The van der Waals surface area contributed by atoms with E-state index in [1.54, 1.807) is 13.4 Å². The predicted octanol–water partition coefficient (Wildman–Crippen LogP) is 3.91. The molecular weight excluding hydrogens is 488 g/mol. The van der Waals surface area contributed by atoms with Crippen LogP contribution in [0.2, 0.25) is 5.02 Å². The van der Waals surface area contributed by atoms with E-state index in [-0.39, 0.29) is 0 Å². The number of nitrogen functional groups attached to an aromatic ring is 1. The van der Waals surface area contributed by atoms with Crippen molar-refractivity contribution in [1.29, 1.82) is 0 Å². The third-order valence-electron chi connectivity index (χ3n) is 6.27. The van der Waals surface area contributed by atoms with Crippen molar-refractivity contribution in [3.63, 3.8) is 0 Å². The maximum Gasteiger partial charge on any atom is 0.180 e. The number of anilines is 2. The van der Waals surface area contributed by atoms with Gasteiger partial charge in [-0.1, -0.05) is 30.9 Å². The summed E-state index contributed by atoms with van der Waals surface area (Å²) in [6.07, 6.45) is 9.58. The fourth-order valence-corrected chi connectivity index (χ4v) is 5.28. The van der Waals surface area contributed by atoms with Gasteiger partial charge in [0, 0.05) is 37.1 Å². The number of fused-ring (bicyclic) bond motifs is 1. The zero-order valence-electron chi connectivity index (χ0n) is 20.2. The summed E-state index contributed by atoms with van der Waals surface area (Å²) < 4.78 is 24.8. The number of nitrogens with two attached hydrogens (primary N) is 1. The first-order chi connectivity index (χ1) is 17.0. The van der Waals surface area contributed by atoms with E-state index in [4.69, 9.17) is 26.8 Å². The van der Waals surface area contributed by atoms with Crippen LogP contribution in [0.3, 0.4) is 0 Å². The van der Waals surface area contributed by atoms with Crippen LogP contribution in [0.25, 0.3) is 22.6 Å². The number of aromatic amines is 1. The molecule has 0 bridgehead atoms. The first kappa shape index (κ1) is 25.7. The van der Waals surface area contributed by atoms with Gasteiger partial charge in [0.15, 0.2) is 5.65 Å². The van der Waals surface area contributed by atoms with Crippen molar-refractivity contribution >= 4 is 45.1 Å². The molecule has 3 heterocycles. The van der Waals surface area contributed by atoms with Crippen LogP contribution in [0.5, 0.6) is 5.75 Å². The van der Waals surface area contributed by atoms with Gasteiger partial charge in [0.1, 0.15) is 17.1 Å². The topological polar surface area (TPSA) is 118 Å². The highest BCUT2D eigenvalue weighted by Gasteiger charge is 2.17. The quantitative estimate of drug-likeness (QED) is 0.466. The summed E-state index contributed by atoms with van der Waals surface area (Å²) in [5, 5.41) is 0.400. The van der Waals surface area contributed by atoms with Crippen LogP contribution in [-0.4, -0.2) is 64.9 Å². The monoisotopic (exact) mass is 520 g/mol. The first-order valence-corrected chi connectivity index (χ1v) is 13.8. The molecule has 1 aromatic carbocycles. The molecule has 9 nitrogen and oxygen atoms in total. The number of rotatable bonds is 5. The number of halogens is 1. The molecule has 35 heavy (non-hydrogen) atoms. The largest absolute Gasteiger partial charge is 0.496 e. The van der Waals surface area contributed by atoms with E-state index < -0.39 is 11.0 Å². The fourth-order valence-electron chi connectivity index (χ4n) is 4.43. The first-order valence-electron chi connectivity index (χ1n) is 11.9. The van der Waals surface area contributed by atoms with E-state index in [9.17, 15) is 4.21 Å². The molecule has 190 valence electrons. The highest BCUT2D eigenvalue weighted by molar-refractivity contribution is 7.82. The minimum Gasteiger partial charge on any atom is -0.496 e. The van der Waals surface area contributed by atoms with Crippen molar-refractivity contribution in [2.24, 2.45) is 0 Å². The molecule has 1 atom stereocenters. The predicted molar refractivity (Wildman–Crippen MR) is 142 cm³/mol. The molecule has 4 N–H and O–H groups in total. The fraction of sp³-hybridized carbons (Fsp3) is 0.500. The van der Waals surface area contributed by atoms with Crippen molar-refractivity contribution in [1.82, 2.24) is 19.7 Å². The van der Waals surface area contributed by atoms with Crippen molar-refractivity contribution < 1.29 is 13.7 Å². The Kier molecular flexibility index (Phi) is 8.83. The summed E-state index contributed by atoms with van der Waals surface area (Å²) in [4.78, 5) is 14.2. The number of morpholine rings is 1. The van der Waals surface area contributed by atoms with Crippen LogP contribution >= 0.6 is 11.6 Å². The minimum absolute atomic E-state index is 0.400. The Morgan fingerprint density at radius 2 is 2.00 bits per heavy atom. The number of ether oxygens (including phenoxy) is 2. The van der Waals surface area contributed by atoms with Crippen LogP contribution in [0.1, 0.15) is 32.1 Å². The third kappa shape index (κ3) is 6.43. The Hall–Kier alpha value is -2.40. The normalized spacial score (nSPS) is 17.6. The van der Waals surface area contributed by atoms with Gasteiger partial charge in [-0.3, -0.25) is 0 Å². The van der Waals surface area contributed by atoms with Crippen molar-refractivity contribution in [3.8, 4) is 17.1 Å². The van der Waals surface area contributed by atoms with Gasteiger partial charge in [0.2, 0.25) is 0 Å². The lowest BCUT2D eigenvalue weighted by atomic mass is 9.96. The number of nitrogens with zero attached hydrogens (tertiary/aromatic N) is 3. The Labute approximate surface area is 213 Å². The summed E-state index contributed by atoms with van der Waals surface area (Å²) in [6.45, 7) is 3.21. The summed E-state index contributed by atoms with van der Waals surface area (Å²) in [6, 6.07) is 6.58. The molecule has 11 heteroatoms. The number of aromatic nitrogens is 3. The lowest BCUT2D eigenvalue weighted by molar-refractivity contribution is 0.122. The van der Waals surface area contributed by atoms with Crippen LogP contribution in [-0.2, 0) is 15.7 Å². The molecule has 5 rings (SSSR count). The summed E-state index contributed by atoms with van der Waals surface area (Å²) in [7, 11) is 0.834. The molecule has 2 aromatic heterocycles. The molecule has 0 radical (unpaired) electrons. The molecule has 1 unspecified atom stereocenters. The molecule has 2 fully saturated rings. The van der Waals surface area contributed by atoms with Gasteiger partial charge in [0.05, 0.1) is 53.8 Å². The molecule has 1 saturated heterocycles. The van der Waals surface area contributed by atoms with E-state index >= 15 is 0 Å². The summed E-state index contributed by atoms with van der Waals surface area (Å²) in [5.74, 6) is 1.37. The SMILES string of the molecule is COc1cc(N2CCOCC2)ccc1-c1nc2ncc(Cl)c(N)c2[nH]1.CS(=O)NC1CCCCC1. The van der Waals surface area contributed by atoms with Gasteiger partial charge in [-0.2, -0.15) is 0 Å². The zero-order chi connectivity index (χ0) is 24.8. The van der Waals surface area contributed by atoms with Crippen molar-refractivity contribution in [2.75, 3.05) is 50.3 Å². The van der Waals surface area contributed by atoms with E-state index in [1.165, 1.54) is 38.3 Å². The molecule has 1 aliphatic carbocycles. The van der Waals surface area contributed by atoms with Gasteiger partial charge in [-0.15, -0.1) is 0 Å². The number of benzene rings is 1. The zero-order valence-corrected chi connectivity index (χ0v) is 21.8. The van der Waals surface area contributed by atoms with Crippen LogP contribution in [0, 0.1) is 0 Å². The second-order valence-corrected chi connectivity index (χ2v) is 10.2. The van der Waals surface area contributed by atoms with Gasteiger partial charge in [-0.25, -0.2) is 18.9 Å². The van der Waals surface area contributed by atoms with Crippen LogP contribution in [0.4, 0.5) is 11.4 Å². The van der Waals surface area contributed by atoms with Crippen molar-refractivity contribution in [3.05, 3.63) is 29.4 Å². The average Bonchev–Trinajstić information content (AvgIpc) is 3.32. The number of H-pyrrole nitrogens is 1. The smallest absolute Gasteiger partial charge is 0.180 e. The van der Waals surface area contributed by atoms with Gasteiger partial charge < -0.3 is 25.1 Å². The molecular formula is C24H33ClN6O3S. The maximum absolute atomic E-state index is 10.7. The molecule has 2 aliphatic rings. The number of nitrogens with one attached hydrogen (secondary N) is 2. The molecule has 0 spiro atoms. The second kappa shape index (κ2) is 12.0. The summed E-state index contributed by atoms with van der Waals surface area (Å²) >= 11 is 6.03. The lowest BCUT2D eigenvalue weighted by Crippen LogP contribution is -2.36. The van der Waals surface area contributed by atoms with Gasteiger partial charge in [0.25, 0.3) is 0 Å². The molecule has 1 aliphatic heterocycles. The number of pyridine rings is 1. The van der Waals surface area contributed by atoms with E-state index in [0.717, 1.165) is 43.3 Å². The third-order valence-corrected chi connectivity index (χ3v) is 7.23. The van der Waals surface area contributed by atoms with E-state index in [1.807, 2.05) is 12.1 Å². The highest BCUT2D eigenvalue weighted by atomic mass is 35.5. The lowest BCUT2D eigenvalue weighted by Gasteiger charge is -2.29. The maximum atomic E-state index is 10.7. The molecule has 1 saturated carbocycles. The number of methoxy groups -OCH3 is 1. The standard InChI is InChI=1S/C17H18ClN5O2.C7H15NOS/c1-24-13-8-10(23-4-6-25-7-5-23)2-3-11(13)16-21-15-14(19)12(18)9-20-17(15)22-16;1-10(9)8-7-5-3-2-4-6-7/h2-3,8-9H,4-7H2,1H3,(H3,19,20,21,22);7-8H,2-6H2,1H3. The van der Waals surface area contributed by atoms with Gasteiger partial charge >= 0.3 is 0 Å². The minimum atomic E-state index is -0.813. The number of hydrogen-bond donors (Lipinski definition) is 3. The van der Waals surface area contributed by atoms with Gasteiger partial charge in [-0.05, 0) is 25.0 Å². The van der Waals surface area contributed by atoms with Crippen molar-refractivity contribution in [2.45, 2.75) is 38.1 Å². The Morgan fingerprint density at radius 1 is 1.26 bits per heavy atom. The average molecular weight is 521 g/mol. The highest BCUT2D eigenvalue weighted by Crippen LogP contribution is 2.35. The number of hydrogen-bond acceptors (Lipinski definition) is 7. The van der Waals surface area contributed by atoms with Crippen LogP contribution < -0.4 is 20.1 Å². The Balaban J connectivity index is 0.000000243. The molecule has 0 amide bonds. The van der Waals surface area contributed by atoms with E-state index in [0.29, 0.717) is 33.7 Å². The Bertz CT molecular complexity index is 1160. The summed E-state index contributed by atoms with van der Waals surface area (Å²) in [5.41, 5.74) is 9.54. The number of imidazole rings is 1. The second-order valence-electron chi connectivity index (χ2n) is 8.69. The van der Waals surface area contributed by atoms with Crippen LogP contribution in [0.15, 0.2) is 24.4 Å².